The number of para-hydroxylation sites is 1. The highest BCUT2D eigenvalue weighted by Crippen LogP contribution is 2.34. The van der Waals surface area contributed by atoms with Crippen molar-refractivity contribution < 1.29 is 18.5 Å². The molecule has 2 aromatic heterocycles. The number of nitrogens with zero attached hydrogens (tertiary/aromatic N) is 3. The Morgan fingerprint density at radius 2 is 2.41 bits per heavy atom. The zero-order valence-electron chi connectivity index (χ0n) is 21.8. The minimum atomic E-state index is -3.19. The predicted octanol–water partition coefficient (Wildman–Crippen LogP) is 3.13. The summed E-state index contributed by atoms with van der Waals surface area (Å²) in [5.41, 5.74) is -0.961. The molecule has 4 nitrogen and oxygen atoms in total. The van der Waals surface area contributed by atoms with Gasteiger partial charge in [0.2, 0.25) is 0 Å². The molecule has 0 amide bonds. The standard InChI is InChI=1S/C18H19N3O/c1-12-19-9-10-21(12)11-13-7-8-16-17(18(13)22)14-5-3-4-6-15(14)20(16)2/h3-6,9-10,13H,7-8,11H2,1-2H3/i2D3,7D2,8D2,9D,10D,13D. The maximum atomic E-state index is 13.7. The van der Waals surface area contributed by atoms with E-state index in [9.17, 15) is 4.79 Å². The number of benzene rings is 1. The largest absolute Gasteiger partial charge is 0.347 e. The van der Waals surface area contributed by atoms with Crippen LogP contribution in [-0.2, 0) is 19.9 Å². The van der Waals surface area contributed by atoms with Crippen LogP contribution >= 0.6 is 0 Å². The fourth-order valence-electron chi connectivity index (χ4n) is 2.66. The Morgan fingerprint density at radius 1 is 1.55 bits per heavy atom. The molecule has 1 atom stereocenters. The lowest BCUT2D eigenvalue weighted by molar-refractivity contribution is 0.0888. The van der Waals surface area contributed by atoms with E-state index in [0.717, 1.165) is 4.57 Å². The van der Waals surface area contributed by atoms with Gasteiger partial charge in [-0.2, -0.15) is 0 Å². The van der Waals surface area contributed by atoms with Crippen LogP contribution in [0.1, 0.15) is 42.0 Å². The first-order chi connectivity index (χ1) is 14.6. The predicted molar refractivity (Wildman–Crippen MR) is 86.0 cm³/mol. The second kappa shape index (κ2) is 4.83. The summed E-state index contributed by atoms with van der Waals surface area (Å²) in [7, 11) is 0. The number of carbonyl (C=O) groups is 1. The lowest BCUT2D eigenvalue weighted by atomic mass is 9.85. The summed E-state index contributed by atoms with van der Waals surface area (Å²) >= 11 is 0. The normalized spacial score (nSPS) is 33.0. The zero-order valence-corrected chi connectivity index (χ0v) is 11.8. The summed E-state index contributed by atoms with van der Waals surface area (Å²) in [4.78, 5) is 17.5. The van der Waals surface area contributed by atoms with Gasteiger partial charge in [-0.1, -0.05) is 18.2 Å². The molecule has 22 heavy (non-hydrogen) atoms. The Morgan fingerprint density at radius 3 is 3.18 bits per heavy atom. The first-order valence-corrected chi connectivity index (χ1v) is 6.77. The van der Waals surface area contributed by atoms with Gasteiger partial charge in [0.1, 0.15) is 5.82 Å². The Balaban J connectivity index is 2.09. The minimum absolute atomic E-state index is 0.0308. The summed E-state index contributed by atoms with van der Waals surface area (Å²) in [6.07, 6.45) is -7.09. The van der Waals surface area contributed by atoms with E-state index in [0.29, 0.717) is 4.57 Å². The number of aryl methyl sites for hydroxylation is 2. The Labute approximate surface area is 143 Å². The van der Waals surface area contributed by atoms with Gasteiger partial charge in [0, 0.05) is 64.9 Å². The molecule has 1 aromatic carbocycles. The summed E-state index contributed by atoms with van der Waals surface area (Å²) in [5.74, 6) is -3.75. The van der Waals surface area contributed by atoms with Crippen LogP contribution < -0.4 is 0 Å². The molecule has 112 valence electrons. The third-order valence-electron chi connectivity index (χ3n) is 3.82. The second-order valence-corrected chi connectivity index (χ2v) is 5.10. The van der Waals surface area contributed by atoms with E-state index in [1.54, 1.807) is 6.07 Å². The Kier molecular flexibility index (Phi) is 1.41. The molecule has 3 aromatic rings. The van der Waals surface area contributed by atoms with Gasteiger partial charge in [-0.3, -0.25) is 4.79 Å². The van der Waals surface area contributed by atoms with Crippen molar-refractivity contribution in [2.24, 2.45) is 12.9 Å². The third-order valence-corrected chi connectivity index (χ3v) is 3.82. The highest BCUT2D eigenvalue weighted by molar-refractivity contribution is 6.11. The first-order valence-electron chi connectivity index (χ1n) is 11.8. The lowest BCUT2D eigenvalue weighted by Crippen LogP contribution is -2.27. The molecule has 0 saturated carbocycles. The van der Waals surface area contributed by atoms with E-state index >= 15 is 0 Å². The molecule has 0 radical (unpaired) electrons. The molecule has 0 bridgehead atoms. The van der Waals surface area contributed by atoms with Crippen LogP contribution in [0.4, 0.5) is 0 Å². The van der Waals surface area contributed by atoms with Gasteiger partial charge >= 0.3 is 0 Å². The SMILES string of the molecule is [2H]c1nc(C)n(CC2([2H])C(=O)c3c(n(C([2H])([2H])[2H])c4ccccc34)C([2H])([2H])C2([2H])[2H])c1[2H]. The Bertz CT molecular complexity index is 1270. The van der Waals surface area contributed by atoms with E-state index in [2.05, 4.69) is 4.98 Å². The Hall–Kier alpha value is -2.36. The fraction of sp³-hybridized carbons (Fsp3) is 0.333. The smallest absolute Gasteiger partial charge is 0.170 e. The van der Waals surface area contributed by atoms with Crippen molar-refractivity contribution >= 4 is 16.7 Å². The number of aromatic nitrogens is 3. The monoisotopic (exact) mass is 303 g/mol. The van der Waals surface area contributed by atoms with Gasteiger partial charge in [0.15, 0.2) is 5.78 Å². The fourth-order valence-corrected chi connectivity index (χ4v) is 2.66. The quantitative estimate of drug-likeness (QED) is 0.729. The van der Waals surface area contributed by atoms with Gasteiger partial charge in [-0.05, 0) is 25.7 Å². The number of carbonyl (C=O) groups excluding carboxylic acids is 1. The number of hydrogen-bond donors (Lipinski definition) is 0. The van der Waals surface area contributed by atoms with Crippen LogP contribution in [0.3, 0.4) is 0 Å². The van der Waals surface area contributed by atoms with Crippen LogP contribution in [0.2, 0.25) is 0 Å². The number of fused-ring (bicyclic) bond motifs is 3. The van der Waals surface area contributed by atoms with Gasteiger partial charge in [-0.25, -0.2) is 4.98 Å². The average Bonchev–Trinajstić information content (AvgIpc) is 3.16. The summed E-state index contributed by atoms with van der Waals surface area (Å²) in [5, 5.41) is 0.106. The van der Waals surface area contributed by atoms with Crippen LogP contribution in [-0.4, -0.2) is 19.9 Å². The molecule has 0 N–H and O–H groups in total. The molecule has 2 heterocycles. The molecule has 0 spiro atoms. The van der Waals surface area contributed by atoms with E-state index in [4.69, 9.17) is 13.7 Å². The van der Waals surface area contributed by atoms with Gasteiger partial charge < -0.3 is 9.13 Å². The van der Waals surface area contributed by atoms with Gasteiger partial charge in [-0.15, -0.1) is 0 Å². The maximum absolute atomic E-state index is 13.7. The number of ketones is 1. The average molecular weight is 303 g/mol. The van der Waals surface area contributed by atoms with Crippen LogP contribution in [0, 0.1) is 12.8 Å². The summed E-state index contributed by atoms with van der Waals surface area (Å²) in [6.45, 7) is -2.24. The third kappa shape index (κ3) is 1.83. The maximum Gasteiger partial charge on any atom is 0.170 e. The highest BCUT2D eigenvalue weighted by Gasteiger charge is 2.32. The van der Waals surface area contributed by atoms with Crippen LogP contribution in [0.25, 0.3) is 10.9 Å². The molecule has 0 fully saturated rings. The molecular formula is C18H19N3O. The van der Waals surface area contributed by atoms with E-state index in [1.807, 2.05) is 0 Å². The van der Waals surface area contributed by atoms with Crippen LogP contribution in [0.15, 0.2) is 36.6 Å². The molecular weight excluding hydrogens is 274 g/mol. The number of rotatable bonds is 2. The molecule has 0 saturated heterocycles. The van der Waals surface area contributed by atoms with Gasteiger partial charge in [0.05, 0.1) is 2.74 Å². The van der Waals surface area contributed by atoms with Crippen molar-refractivity contribution in [2.75, 3.05) is 0 Å². The molecule has 1 aliphatic carbocycles. The lowest BCUT2D eigenvalue weighted by Gasteiger charge is -2.23. The molecule has 1 unspecified atom stereocenters. The minimum Gasteiger partial charge on any atom is -0.347 e. The van der Waals surface area contributed by atoms with Crippen molar-refractivity contribution in [3.8, 4) is 0 Å². The number of imidazole rings is 1. The zero-order chi connectivity index (χ0) is 24.0. The first kappa shape index (κ1) is 6.41. The van der Waals surface area contributed by atoms with Crippen molar-refractivity contribution in [3.05, 3.63) is 53.7 Å². The number of Topliss-reactive ketones (excluding diaryl/α,β-unsaturated/α-hetero) is 1. The van der Waals surface area contributed by atoms with E-state index in [1.165, 1.54) is 25.1 Å². The summed E-state index contributed by atoms with van der Waals surface area (Å²) < 4.78 is 84.4. The van der Waals surface area contributed by atoms with Crippen molar-refractivity contribution in [1.82, 2.24) is 14.1 Å². The van der Waals surface area contributed by atoms with Gasteiger partial charge in [0.25, 0.3) is 0 Å². The van der Waals surface area contributed by atoms with Crippen molar-refractivity contribution in [1.29, 1.82) is 0 Å². The van der Waals surface area contributed by atoms with Crippen LogP contribution in [0.5, 0.6) is 0 Å². The second-order valence-electron chi connectivity index (χ2n) is 5.10. The van der Waals surface area contributed by atoms with E-state index < -0.39 is 56.0 Å². The highest BCUT2D eigenvalue weighted by atomic mass is 16.1. The number of hydrogen-bond acceptors (Lipinski definition) is 2. The molecule has 0 aliphatic heterocycles. The van der Waals surface area contributed by atoms with E-state index in [-0.39, 0.29) is 22.3 Å². The van der Waals surface area contributed by atoms with Crippen molar-refractivity contribution in [2.45, 2.75) is 26.2 Å². The summed E-state index contributed by atoms with van der Waals surface area (Å²) in [6, 6.07) is 5.90. The van der Waals surface area contributed by atoms with Crippen molar-refractivity contribution in [3.63, 3.8) is 0 Å². The molecule has 4 heteroatoms. The topological polar surface area (TPSA) is 39.8 Å². The molecule has 4 rings (SSSR count). The molecule has 1 aliphatic rings.